The molecule has 0 amide bonds. The van der Waals surface area contributed by atoms with Crippen molar-refractivity contribution < 1.29 is 14.3 Å². The number of ketones is 1. The molecular weight excluding hydrogens is 398 g/mol. The second kappa shape index (κ2) is 10.1. The second-order valence-electron chi connectivity index (χ2n) is 6.72. The van der Waals surface area contributed by atoms with E-state index in [1.54, 1.807) is 20.1 Å². The Bertz CT molecular complexity index is 1050. The number of allylic oxidation sites excluding steroid dienone is 1. The van der Waals surface area contributed by atoms with Crippen LogP contribution in [0.4, 0.5) is 0 Å². The third-order valence-electron chi connectivity index (χ3n) is 4.60. The van der Waals surface area contributed by atoms with Gasteiger partial charge in [0.15, 0.2) is 16.8 Å². The van der Waals surface area contributed by atoms with Crippen molar-refractivity contribution in [3.63, 3.8) is 0 Å². The van der Waals surface area contributed by atoms with Crippen LogP contribution in [0.5, 0.6) is 11.5 Å². The third-order valence-corrected chi connectivity index (χ3v) is 5.61. The lowest BCUT2D eigenvalue weighted by Crippen LogP contribution is -2.08. The van der Waals surface area contributed by atoms with Crippen LogP contribution < -0.4 is 9.47 Å². The van der Waals surface area contributed by atoms with Gasteiger partial charge >= 0.3 is 0 Å². The maximum Gasteiger partial charge on any atom is 0.191 e. The van der Waals surface area contributed by atoms with Crippen LogP contribution in [0.1, 0.15) is 34.2 Å². The van der Waals surface area contributed by atoms with E-state index in [2.05, 4.69) is 16.8 Å². The molecule has 2 aromatic carbocycles. The van der Waals surface area contributed by atoms with Gasteiger partial charge in [-0.25, -0.2) is 0 Å². The van der Waals surface area contributed by atoms with E-state index in [-0.39, 0.29) is 5.78 Å². The zero-order valence-electron chi connectivity index (χ0n) is 17.4. The summed E-state index contributed by atoms with van der Waals surface area (Å²) in [4.78, 5) is 11.7. The summed E-state index contributed by atoms with van der Waals surface area (Å²) in [5.74, 6) is 2.91. The fourth-order valence-corrected chi connectivity index (χ4v) is 3.90. The van der Waals surface area contributed by atoms with E-state index in [4.69, 9.17) is 9.47 Å². The molecule has 0 saturated heterocycles. The van der Waals surface area contributed by atoms with E-state index in [9.17, 15) is 4.79 Å². The topological polar surface area (TPSA) is 66.2 Å². The number of benzene rings is 2. The number of hydrogen-bond acceptors (Lipinski definition) is 6. The van der Waals surface area contributed by atoms with Crippen LogP contribution in [0.2, 0.25) is 0 Å². The molecular formula is C23H25N3O3S. The van der Waals surface area contributed by atoms with Crippen molar-refractivity contribution in [1.82, 2.24) is 14.8 Å². The molecule has 0 aliphatic heterocycles. The predicted octanol–water partition coefficient (Wildman–Crippen LogP) is 4.86. The van der Waals surface area contributed by atoms with E-state index in [0.29, 0.717) is 24.5 Å². The smallest absolute Gasteiger partial charge is 0.191 e. The Kier molecular flexibility index (Phi) is 7.30. The Morgan fingerprint density at radius 2 is 2.00 bits per heavy atom. The Labute approximate surface area is 180 Å². The van der Waals surface area contributed by atoms with Gasteiger partial charge in [0.2, 0.25) is 0 Å². The average Bonchev–Trinajstić information content (AvgIpc) is 3.13. The molecule has 6 nitrogen and oxygen atoms in total. The maximum absolute atomic E-state index is 11.7. The molecule has 156 valence electrons. The standard InChI is InChI=1S/C23H25N3O3S/c1-5-12-26-22(14-29-20-9-7-6-8-16(20)2)24-25-23(26)30-15-19-13-18(17(3)27)10-11-21(19)28-4/h5-11,13H,1,12,14-15H2,2-4H3. The van der Waals surface area contributed by atoms with Crippen LogP contribution in [0, 0.1) is 6.92 Å². The maximum atomic E-state index is 11.7. The molecule has 30 heavy (non-hydrogen) atoms. The number of thioether (sulfide) groups is 1. The summed E-state index contributed by atoms with van der Waals surface area (Å²) in [6.07, 6.45) is 1.81. The minimum atomic E-state index is 0.0226. The molecule has 0 fully saturated rings. The molecule has 0 N–H and O–H groups in total. The van der Waals surface area contributed by atoms with Gasteiger partial charge in [-0.15, -0.1) is 16.8 Å². The molecule has 0 saturated carbocycles. The van der Waals surface area contributed by atoms with E-state index < -0.39 is 0 Å². The van der Waals surface area contributed by atoms with Crippen LogP contribution in [-0.4, -0.2) is 27.7 Å². The second-order valence-corrected chi connectivity index (χ2v) is 7.67. The molecule has 0 spiro atoms. The van der Waals surface area contributed by atoms with Gasteiger partial charge in [-0.3, -0.25) is 9.36 Å². The largest absolute Gasteiger partial charge is 0.496 e. The van der Waals surface area contributed by atoms with Crippen molar-refractivity contribution in [3.05, 3.63) is 77.6 Å². The molecule has 7 heteroatoms. The van der Waals surface area contributed by atoms with Crippen LogP contribution in [-0.2, 0) is 18.9 Å². The van der Waals surface area contributed by atoms with Gasteiger partial charge in [0.1, 0.15) is 18.1 Å². The van der Waals surface area contributed by atoms with E-state index in [0.717, 1.165) is 33.6 Å². The first-order chi connectivity index (χ1) is 14.5. The normalized spacial score (nSPS) is 10.6. The molecule has 0 bridgehead atoms. The number of methoxy groups -OCH3 is 1. The molecule has 0 aliphatic rings. The Hall–Kier alpha value is -3.06. The van der Waals surface area contributed by atoms with Crippen molar-refractivity contribution >= 4 is 17.5 Å². The monoisotopic (exact) mass is 423 g/mol. The number of hydrogen-bond donors (Lipinski definition) is 0. The lowest BCUT2D eigenvalue weighted by molar-refractivity contribution is 0.101. The number of aryl methyl sites for hydroxylation is 1. The summed E-state index contributed by atoms with van der Waals surface area (Å²) < 4.78 is 13.4. The zero-order valence-corrected chi connectivity index (χ0v) is 18.2. The Balaban J connectivity index is 1.77. The summed E-state index contributed by atoms with van der Waals surface area (Å²) in [5.41, 5.74) is 2.66. The number of nitrogens with zero attached hydrogens (tertiary/aromatic N) is 3. The third kappa shape index (κ3) is 5.10. The molecule has 3 rings (SSSR count). The fraction of sp³-hybridized carbons (Fsp3) is 0.261. The summed E-state index contributed by atoms with van der Waals surface area (Å²) in [7, 11) is 1.62. The fourth-order valence-electron chi connectivity index (χ4n) is 2.96. The number of Topliss-reactive ketones (excluding diaryl/α,β-unsaturated/α-hetero) is 1. The summed E-state index contributed by atoms with van der Waals surface area (Å²) in [6, 6.07) is 13.3. The quantitative estimate of drug-likeness (QED) is 0.264. The minimum absolute atomic E-state index is 0.0226. The number of carbonyl (C=O) groups excluding carboxylic acids is 1. The van der Waals surface area contributed by atoms with E-state index >= 15 is 0 Å². The number of rotatable bonds is 10. The predicted molar refractivity (Wildman–Crippen MR) is 118 cm³/mol. The first kappa shape index (κ1) is 21.6. The van der Waals surface area contributed by atoms with Crippen molar-refractivity contribution in [1.29, 1.82) is 0 Å². The number of carbonyl (C=O) groups is 1. The first-order valence-corrected chi connectivity index (χ1v) is 10.5. The van der Waals surface area contributed by atoms with E-state index in [1.807, 2.05) is 54.0 Å². The SMILES string of the molecule is C=CCn1c(COc2ccccc2C)nnc1SCc1cc(C(C)=O)ccc1OC. The van der Waals surface area contributed by atoms with Crippen molar-refractivity contribution in [2.24, 2.45) is 0 Å². The average molecular weight is 424 g/mol. The van der Waals surface area contributed by atoms with Crippen LogP contribution in [0.3, 0.4) is 0 Å². The van der Waals surface area contributed by atoms with Gasteiger partial charge in [0.05, 0.1) is 7.11 Å². The lowest BCUT2D eigenvalue weighted by Gasteiger charge is -2.12. The van der Waals surface area contributed by atoms with Crippen molar-refractivity contribution in [2.75, 3.05) is 7.11 Å². The van der Waals surface area contributed by atoms with Crippen LogP contribution in [0.15, 0.2) is 60.3 Å². The Morgan fingerprint density at radius 1 is 1.20 bits per heavy atom. The molecule has 3 aromatic rings. The van der Waals surface area contributed by atoms with Gasteiger partial charge in [-0.05, 0) is 43.7 Å². The van der Waals surface area contributed by atoms with Gasteiger partial charge < -0.3 is 9.47 Å². The molecule has 1 heterocycles. The lowest BCUT2D eigenvalue weighted by atomic mass is 10.1. The van der Waals surface area contributed by atoms with Gasteiger partial charge in [-0.2, -0.15) is 0 Å². The van der Waals surface area contributed by atoms with Crippen LogP contribution >= 0.6 is 11.8 Å². The molecule has 1 aromatic heterocycles. The number of aromatic nitrogens is 3. The highest BCUT2D eigenvalue weighted by Crippen LogP contribution is 2.29. The number of ether oxygens (including phenoxy) is 2. The van der Waals surface area contributed by atoms with Gasteiger partial charge in [-0.1, -0.05) is 36.0 Å². The molecule has 0 unspecified atom stereocenters. The summed E-state index contributed by atoms with van der Waals surface area (Å²) in [6.45, 7) is 8.30. The zero-order chi connectivity index (χ0) is 21.5. The molecule has 0 radical (unpaired) electrons. The van der Waals surface area contributed by atoms with Crippen molar-refractivity contribution in [2.45, 2.75) is 37.9 Å². The highest BCUT2D eigenvalue weighted by atomic mass is 32.2. The number of para-hydroxylation sites is 1. The molecule has 0 atom stereocenters. The summed E-state index contributed by atoms with van der Waals surface area (Å²) >= 11 is 1.53. The van der Waals surface area contributed by atoms with Gasteiger partial charge in [0, 0.05) is 23.4 Å². The van der Waals surface area contributed by atoms with Gasteiger partial charge in [0.25, 0.3) is 0 Å². The van der Waals surface area contributed by atoms with E-state index in [1.165, 1.54) is 11.8 Å². The minimum Gasteiger partial charge on any atom is -0.496 e. The first-order valence-electron chi connectivity index (χ1n) is 9.55. The Morgan fingerprint density at radius 3 is 2.70 bits per heavy atom. The molecule has 0 aliphatic carbocycles. The highest BCUT2D eigenvalue weighted by molar-refractivity contribution is 7.98. The summed E-state index contributed by atoms with van der Waals surface area (Å²) in [5, 5.41) is 9.41. The highest BCUT2D eigenvalue weighted by Gasteiger charge is 2.15. The van der Waals surface area contributed by atoms with Crippen LogP contribution in [0.25, 0.3) is 0 Å². The van der Waals surface area contributed by atoms with Crippen molar-refractivity contribution in [3.8, 4) is 11.5 Å².